The molecule has 0 aliphatic carbocycles. The van der Waals surface area contributed by atoms with Crippen molar-refractivity contribution < 1.29 is 19.1 Å². The van der Waals surface area contributed by atoms with Gasteiger partial charge in [0.15, 0.2) is 6.73 Å². The van der Waals surface area contributed by atoms with Crippen LogP contribution in [-0.2, 0) is 16.3 Å². The topological polar surface area (TPSA) is 82.5 Å². The number of halogens is 1. The monoisotopic (exact) mass is 397 g/mol. The molecule has 2 rings (SSSR count). The van der Waals surface area contributed by atoms with Crippen LogP contribution in [0, 0.1) is 6.92 Å². The van der Waals surface area contributed by atoms with Crippen LogP contribution in [0.25, 0.3) is 0 Å². The fourth-order valence-electron chi connectivity index (χ4n) is 2.06. The van der Waals surface area contributed by atoms with E-state index in [9.17, 15) is 9.59 Å². The van der Waals surface area contributed by atoms with Crippen LogP contribution in [0.2, 0.25) is 5.02 Å². The third-order valence-electron chi connectivity index (χ3n) is 3.43. The lowest BCUT2D eigenvalue weighted by Gasteiger charge is -2.14. The molecule has 0 bridgehead atoms. The lowest BCUT2D eigenvalue weighted by molar-refractivity contribution is -0.144. The molecule has 1 N–H and O–H groups in total. The highest BCUT2D eigenvalue weighted by atomic mass is 35.5. The van der Waals surface area contributed by atoms with Gasteiger partial charge in [-0.3, -0.25) is 4.79 Å². The van der Waals surface area contributed by atoms with Crippen LogP contribution in [0.15, 0.2) is 30.5 Å². The van der Waals surface area contributed by atoms with Crippen LogP contribution in [-0.4, -0.2) is 40.1 Å². The maximum Gasteiger partial charge on any atom is 0.329 e. The molecule has 0 spiro atoms. The van der Waals surface area contributed by atoms with E-state index in [1.165, 1.54) is 10.7 Å². The number of nitrogens with zero attached hydrogens (tertiary/aromatic N) is 2. The van der Waals surface area contributed by atoms with Crippen LogP contribution >= 0.6 is 24.2 Å². The van der Waals surface area contributed by atoms with Crippen molar-refractivity contribution in [2.24, 2.45) is 0 Å². The second-order valence-electron chi connectivity index (χ2n) is 5.39. The van der Waals surface area contributed by atoms with E-state index in [1.807, 2.05) is 13.0 Å². The van der Waals surface area contributed by atoms with E-state index in [2.05, 4.69) is 23.0 Å². The zero-order chi connectivity index (χ0) is 19.1. The number of thiol groups is 1. The van der Waals surface area contributed by atoms with Gasteiger partial charge in [-0.1, -0.05) is 11.6 Å². The molecule has 2 aromatic rings. The van der Waals surface area contributed by atoms with Crippen molar-refractivity contribution in [2.75, 3.05) is 12.4 Å². The highest BCUT2D eigenvalue weighted by Gasteiger charge is 2.22. The zero-order valence-electron chi connectivity index (χ0n) is 14.4. The maximum absolute atomic E-state index is 12.2. The fraction of sp³-hybridized carbons (Fsp3) is 0.353. The largest absolute Gasteiger partial charge is 0.471 e. The number of esters is 1. The van der Waals surface area contributed by atoms with Crippen LogP contribution in [0.4, 0.5) is 0 Å². The standard InChI is InChI=1S/C17H20ClN3O4S/c1-3-24-17(23)15(9-26)19-16(22)14-6-7-21(20-14)10-25-12-4-5-13(18)11(2)8-12/h4-8,15,26H,3,9-10H2,1-2H3,(H,19,22)/t15-/m0/s1. The number of nitrogens with one attached hydrogen (secondary N) is 1. The predicted octanol–water partition coefficient (Wildman–Crippen LogP) is 2.47. The van der Waals surface area contributed by atoms with Gasteiger partial charge in [0.25, 0.3) is 5.91 Å². The van der Waals surface area contributed by atoms with E-state index in [4.69, 9.17) is 21.1 Å². The van der Waals surface area contributed by atoms with Gasteiger partial charge in [0.05, 0.1) is 6.61 Å². The molecule has 7 nitrogen and oxygen atoms in total. The lowest BCUT2D eigenvalue weighted by Crippen LogP contribution is -2.43. The Morgan fingerprint density at radius 3 is 2.81 bits per heavy atom. The number of aromatic nitrogens is 2. The minimum Gasteiger partial charge on any atom is -0.471 e. The summed E-state index contributed by atoms with van der Waals surface area (Å²) in [6, 6.07) is 6.02. The average Bonchev–Trinajstić information content (AvgIpc) is 3.09. The molecule has 0 aliphatic heterocycles. The van der Waals surface area contributed by atoms with Gasteiger partial charge in [0, 0.05) is 17.0 Å². The van der Waals surface area contributed by atoms with Crippen LogP contribution in [0.5, 0.6) is 5.75 Å². The van der Waals surface area contributed by atoms with Crippen molar-refractivity contribution in [3.8, 4) is 5.75 Å². The van der Waals surface area contributed by atoms with Gasteiger partial charge in [-0.05, 0) is 43.7 Å². The molecular formula is C17H20ClN3O4S. The fourth-order valence-corrected chi connectivity index (χ4v) is 2.41. The average molecular weight is 398 g/mol. The summed E-state index contributed by atoms with van der Waals surface area (Å²) in [5.74, 6) is -0.245. The summed E-state index contributed by atoms with van der Waals surface area (Å²) in [5, 5.41) is 7.34. The van der Waals surface area contributed by atoms with Gasteiger partial charge < -0.3 is 14.8 Å². The SMILES string of the molecule is CCOC(=O)[C@H](CS)NC(=O)c1ccn(COc2ccc(Cl)c(C)c2)n1. The van der Waals surface area contributed by atoms with Crippen molar-refractivity contribution in [1.29, 1.82) is 0 Å². The van der Waals surface area contributed by atoms with Crippen LogP contribution < -0.4 is 10.1 Å². The number of ether oxygens (including phenoxy) is 2. The van der Waals surface area contributed by atoms with Crippen LogP contribution in [0.1, 0.15) is 23.0 Å². The van der Waals surface area contributed by atoms with Crippen LogP contribution in [0.3, 0.4) is 0 Å². The molecule has 1 aromatic carbocycles. The van der Waals surface area contributed by atoms with Crippen molar-refractivity contribution in [2.45, 2.75) is 26.6 Å². The molecule has 1 aromatic heterocycles. The molecule has 0 saturated heterocycles. The molecule has 0 unspecified atom stereocenters. The van der Waals surface area contributed by atoms with Crippen molar-refractivity contribution in [1.82, 2.24) is 15.1 Å². The molecule has 0 saturated carbocycles. The first kappa shape index (κ1) is 20.1. The molecular weight excluding hydrogens is 378 g/mol. The first-order chi connectivity index (χ1) is 12.4. The number of carbonyl (C=O) groups is 2. The summed E-state index contributed by atoms with van der Waals surface area (Å²) in [6.07, 6.45) is 1.61. The molecule has 0 aliphatic rings. The first-order valence-electron chi connectivity index (χ1n) is 7.95. The van der Waals surface area contributed by atoms with E-state index in [-0.39, 0.29) is 24.8 Å². The summed E-state index contributed by atoms with van der Waals surface area (Å²) in [5.41, 5.74) is 1.07. The van der Waals surface area contributed by atoms with Gasteiger partial charge in [-0.25, -0.2) is 9.48 Å². The van der Waals surface area contributed by atoms with Gasteiger partial charge >= 0.3 is 5.97 Å². The number of hydrogen-bond donors (Lipinski definition) is 2. The smallest absolute Gasteiger partial charge is 0.329 e. The highest BCUT2D eigenvalue weighted by molar-refractivity contribution is 7.80. The van der Waals surface area contributed by atoms with E-state index < -0.39 is 17.9 Å². The molecule has 140 valence electrons. The molecule has 0 radical (unpaired) electrons. The minimum atomic E-state index is -0.829. The van der Waals surface area contributed by atoms with E-state index in [1.54, 1.807) is 25.3 Å². The lowest BCUT2D eigenvalue weighted by atomic mass is 10.2. The molecule has 0 fully saturated rings. The van der Waals surface area contributed by atoms with E-state index in [0.29, 0.717) is 10.8 Å². The quantitative estimate of drug-likeness (QED) is 0.528. The van der Waals surface area contributed by atoms with Crippen molar-refractivity contribution in [3.63, 3.8) is 0 Å². The number of hydrogen-bond acceptors (Lipinski definition) is 6. The first-order valence-corrected chi connectivity index (χ1v) is 8.96. The summed E-state index contributed by atoms with van der Waals surface area (Å²) in [7, 11) is 0. The molecule has 1 amide bonds. The Bertz CT molecular complexity index is 781. The van der Waals surface area contributed by atoms with Gasteiger partial charge in [-0.2, -0.15) is 17.7 Å². The predicted molar refractivity (Wildman–Crippen MR) is 101 cm³/mol. The second-order valence-corrected chi connectivity index (χ2v) is 6.16. The summed E-state index contributed by atoms with van der Waals surface area (Å²) in [4.78, 5) is 23.9. The zero-order valence-corrected chi connectivity index (χ0v) is 16.1. The Morgan fingerprint density at radius 1 is 1.38 bits per heavy atom. The minimum absolute atomic E-state index is 0.127. The number of carbonyl (C=O) groups excluding carboxylic acids is 2. The number of rotatable bonds is 8. The number of amides is 1. The maximum atomic E-state index is 12.2. The van der Waals surface area contributed by atoms with E-state index in [0.717, 1.165) is 5.56 Å². The molecule has 26 heavy (non-hydrogen) atoms. The van der Waals surface area contributed by atoms with Crippen molar-refractivity contribution >= 4 is 36.1 Å². The third-order valence-corrected chi connectivity index (χ3v) is 4.21. The Labute approximate surface area is 162 Å². The normalized spacial score (nSPS) is 11.7. The number of aryl methyl sites for hydroxylation is 1. The molecule has 1 atom stereocenters. The van der Waals surface area contributed by atoms with Gasteiger partial charge in [-0.15, -0.1) is 0 Å². The van der Waals surface area contributed by atoms with Crippen molar-refractivity contribution in [3.05, 3.63) is 46.7 Å². The Morgan fingerprint density at radius 2 is 2.15 bits per heavy atom. The summed E-state index contributed by atoms with van der Waals surface area (Å²) < 4.78 is 12.0. The Balaban J connectivity index is 1.94. The Kier molecular flexibility index (Phi) is 7.35. The highest BCUT2D eigenvalue weighted by Crippen LogP contribution is 2.21. The third kappa shape index (κ3) is 5.40. The summed E-state index contributed by atoms with van der Waals surface area (Å²) in [6.45, 7) is 3.93. The van der Waals surface area contributed by atoms with Gasteiger partial charge in [0.1, 0.15) is 17.5 Å². The van der Waals surface area contributed by atoms with Gasteiger partial charge in [0.2, 0.25) is 0 Å². The summed E-state index contributed by atoms with van der Waals surface area (Å²) >= 11 is 10.0. The molecule has 1 heterocycles. The number of benzene rings is 1. The molecule has 9 heteroatoms. The van der Waals surface area contributed by atoms with E-state index >= 15 is 0 Å². The Hall–Kier alpha value is -2.19. The second kappa shape index (κ2) is 9.49.